The maximum atomic E-state index is 13.3. The van der Waals surface area contributed by atoms with Gasteiger partial charge < -0.3 is 9.80 Å². The molecular formula is C25H35FN6O2S. The van der Waals surface area contributed by atoms with Gasteiger partial charge in [-0.1, -0.05) is 19.3 Å². The number of anilines is 2. The zero-order valence-electron chi connectivity index (χ0n) is 20.7. The molecule has 8 nitrogen and oxygen atoms in total. The molecule has 10 heteroatoms. The predicted octanol–water partition coefficient (Wildman–Crippen LogP) is 2.88. The van der Waals surface area contributed by atoms with Crippen LogP contribution in [0.1, 0.15) is 43.4 Å². The zero-order chi connectivity index (χ0) is 24.6. The maximum Gasteiger partial charge on any atom is 0.243 e. The van der Waals surface area contributed by atoms with Gasteiger partial charge in [-0.15, -0.1) is 0 Å². The Balaban J connectivity index is 1.34. The van der Waals surface area contributed by atoms with Crippen molar-refractivity contribution in [2.24, 2.45) is 0 Å². The SMILES string of the molecule is CN(C)c1nc(N2CCN(C3CCCCC3)CC2)nc2c1CN(S(=O)(=O)c1ccc(F)cc1)CC2. The van der Waals surface area contributed by atoms with Gasteiger partial charge in [0.25, 0.3) is 0 Å². The van der Waals surface area contributed by atoms with Crippen LogP contribution in [-0.4, -0.2) is 80.5 Å². The third-order valence-electron chi connectivity index (χ3n) is 7.55. The van der Waals surface area contributed by atoms with Crippen LogP contribution in [0.15, 0.2) is 29.2 Å². The Bertz CT molecular complexity index is 1140. The Morgan fingerprint density at radius 1 is 0.943 bits per heavy atom. The summed E-state index contributed by atoms with van der Waals surface area (Å²) in [5.74, 6) is 1.05. The molecule has 0 N–H and O–H groups in total. The number of piperazine rings is 1. The number of benzene rings is 1. The van der Waals surface area contributed by atoms with Gasteiger partial charge in [-0.2, -0.15) is 9.29 Å². The molecule has 1 aromatic carbocycles. The second-order valence-corrected chi connectivity index (χ2v) is 12.0. The minimum absolute atomic E-state index is 0.0992. The fourth-order valence-electron chi connectivity index (χ4n) is 5.56. The number of sulfonamides is 1. The molecule has 0 amide bonds. The third kappa shape index (κ3) is 5.01. The minimum atomic E-state index is -3.73. The van der Waals surface area contributed by atoms with E-state index in [1.54, 1.807) is 0 Å². The molecule has 1 aromatic heterocycles. The number of hydrogen-bond donors (Lipinski definition) is 0. The number of aromatic nitrogens is 2. The summed E-state index contributed by atoms with van der Waals surface area (Å²) in [6.07, 6.45) is 7.22. The fraction of sp³-hybridized carbons (Fsp3) is 0.600. The van der Waals surface area contributed by atoms with E-state index in [0.29, 0.717) is 13.0 Å². The van der Waals surface area contributed by atoms with Gasteiger partial charge in [0.2, 0.25) is 16.0 Å². The highest BCUT2D eigenvalue weighted by Crippen LogP contribution is 2.31. The largest absolute Gasteiger partial charge is 0.362 e. The van der Waals surface area contributed by atoms with Crippen LogP contribution in [0.2, 0.25) is 0 Å². The quantitative estimate of drug-likeness (QED) is 0.623. The average molecular weight is 503 g/mol. The van der Waals surface area contributed by atoms with E-state index in [2.05, 4.69) is 9.80 Å². The lowest BCUT2D eigenvalue weighted by Gasteiger charge is -2.41. The number of fused-ring (bicyclic) bond motifs is 1. The predicted molar refractivity (Wildman–Crippen MR) is 135 cm³/mol. The van der Waals surface area contributed by atoms with Crippen molar-refractivity contribution >= 4 is 21.8 Å². The normalized spacial score (nSPS) is 20.6. The Morgan fingerprint density at radius 2 is 1.63 bits per heavy atom. The van der Waals surface area contributed by atoms with Gasteiger partial charge in [0.1, 0.15) is 11.6 Å². The zero-order valence-corrected chi connectivity index (χ0v) is 21.5. The first-order chi connectivity index (χ1) is 16.8. The van der Waals surface area contributed by atoms with Crippen molar-refractivity contribution in [3.8, 4) is 0 Å². The van der Waals surface area contributed by atoms with Crippen molar-refractivity contribution in [2.75, 3.05) is 56.6 Å². The van der Waals surface area contributed by atoms with Crippen molar-refractivity contribution < 1.29 is 12.8 Å². The molecule has 5 rings (SSSR count). The van der Waals surface area contributed by atoms with E-state index < -0.39 is 15.8 Å². The lowest BCUT2D eigenvalue weighted by Crippen LogP contribution is -2.51. The molecule has 0 unspecified atom stereocenters. The molecular weight excluding hydrogens is 467 g/mol. The van der Waals surface area contributed by atoms with E-state index in [4.69, 9.17) is 9.97 Å². The van der Waals surface area contributed by atoms with E-state index in [0.717, 1.165) is 55.2 Å². The molecule has 3 aliphatic rings. The summed E-state index contributed by atoms with van der Waals surface area (Å²) in [6, 6.07) is 5.72. The summed E-state index contributed by atoms with van der Waals surface area (Å²) in [6.45, 7) is 4.43. The molecule has 0 bridgehead atoms. The van der Waals surface area contributed by atoms with Gasteiger partial charge in [0.05, 0.1) is 10.6 Å². The molecule has 2 fully saturated rings. The van der Waals surface area contributed by atoms with Crippen LogP contribution in [0.3, 0.4) is 0 Å². The van der Waals surface area contributed by atoms with Gasteiger partial charge in [-0.3, -0.25) is 4.90 Å². The van der Waals surface area contributed by atoms with E-state index >= 15 is 0 Å². The molecule has 190 valence electrons. The van der Waals surface area contributed by atoms with Gasteiger partial charge in [0.15, 0.2) is 0 Å². The van der Waals surface area contributed by atoms with Crippen LogP contribution in [0.4, 0.5) is 16.2 Å². The molecule has 0 atom stereocenters. The summed E-state index contributed by atoms with van der Waals surface area (Å²) in [5.41, 5.74) is 1.76. The highest BCUT2D eigenvalue weighted by atomic mass is 32.2. The van der Waals surface area contributed by atoms with Crippen LogP contribution >= 0.6 is 0 Å². The van der Waals surface area contributed by atoms with Gasteiger partial charge in [-0.05, 0) is 37.1 Å². The second kappa shape index (κ2) is 9.99. The number of nitrogens with zero attached hydrogens (tertiary/aromatic N) is 6. The fourth-order valence-corrected chi connectivity index (χ4v) is 6.97. The number of halogens is 1. The van der Waals surface area contributed by atoms with Crippen molar-refractivity contribution in [2.45, 2.75) is 56.0 Å². The molecule has 1 aliphatic carbocycles. The topological polar surface area (TPSA) is 72.9 Å². The third-order valence-corrected chi connectivity index (χ3v) is 9.41. The summed E-state index contributed by atoms with van der Waals surface area (Å²) < 4.78 is 41.2. The Labute approximate surface area is 207 Å². The smallest absolute Gasteiger partial charge is 0.243 e. The summed E-state index contributed by atoms with van der Waals surface area (Å²) in [5, 5.41) is 0. The molecule has 1 saturated heterocycles. The average Bonchev–Trinajstić information content (AvgIpc) is 2.88. The number of hydrogen-bond acceptors (Lipinski definition) is 7. The first-order valence-electron chi connectivity index (χ1n) is 12.6. The lowest BCUT2D eigenvalue weighted by molar-refractivity contribution is 0.147. The van der Waals surface area contributed by atoms with Crippen molar-refractivity contribution in [1.82, 2.24) is 19.2 Å². The van der Waals surface area contributed by atoms with Gasteiger partial charge >= 0.3 is 0 Å². The van der Waals surface area contributed by atoms with Crippen molar-refractivity contribution in [3.05, 3.63) is 41.3 Å². The van der Waals surface area contributed by atoms with Crippen LogP contribution in [0.5, 0.6) is 0 Å². The van der Waals surface area contributed by atoms with Gasteiger partial charge in [0, 0.05) is 71.4 Å². The first kappa shape index (κ1) is 24.4. The van der Waals surface area contributed by atoms with Crippen LogP contribution in [0.25, 0.3) is 0 Å². The Kier molecular flexibility index (Phi) is 6.96. The van der Waals surface area contributed by atoms with Crippen LogP contribution in [0, 0.1) is 5.82 Å². The maximum absolute atomic E-state index is 13.3. The Hall–Kier alpha value is -2.30. The molecule has 3 heterocycles. The highest BCUT2D eigenvalue weighted by Gasteiger charge is 2.33. The van der Waals surface area contributed by atoms with E-state index in [9.17, 15) is 12.8 Å². The monoisotopic (exact) mass is 502 g/mol. The second-order valence-electron chi connectivity index (χ2n) is 10.0. The lowest BCUT2D eigenvalue weighted by atomic mass is 9.94. The van der Waals surface area contributed by atoms with Crippen molar-refractivity contribution in [1.29, 1.82) is 0 Å². The molecule has 0 radical (unpaired) electrons. The Morgan fingerprint density at radius 3 is 2.29 bits per heavy atom. The molecule has 2 aromatic rings. The molecule has 35 heavy (non-hydrogen) atoms. The van der Waals surface area contributed by atoms with E-state index in [-0.39, 0.29) is 11.4 Å². The highest BCUT2D eigenvalue weighted by molar-refractivity contribution is 7.89. The van der Waals surface area contributed by atoms with E-state index in [1.165, 1.54) is 60.7 Å². The minimum Gasteiger partial charge on any atom is -0.362 e. The molecule has 1 saturated carbocycles. The summed E-state index contributed by atoms with van der Waals surface area (Å²) in [4.78, 5) is 16.8. The molecule has 0 spiro atoms. The molecule has 2 aliphatic heterocycles. The van der Waals surface area contributed by atoms with Crippen LogP contribution in [-0.2, 0) is 23.0 Å². The van der Waals surface area contributed by atoms with Gasteiger partial charge in [-0.25, -0.2) is 17.8 Å². The van der Waals surface area contributed by atoms with Crippen LogP contribution < -0.4 is 9.80 Å². The summed E-state index contributed by atoms with van der Waals surface area (Å²) >= 11 is 0. The van der Waals surface area contributed by atoms with Crippen molar-refractivity contribution in [3.63, 3.8) is 0 Å². The first-order valence-corrected chi connectivity index (χ1v) is 14.1. The van der Waals surface area contributed by atoms with E-state index in [1.807, 2.05) is 19.0 Å². The number of rotatable bonds is 5. The summed E-state index contributed by atoms with van der Waals surface area (Å²) in [7, 11) is 0.128. The standard InChI is InChI=1S/C25H35FN6O2S/c1-29(2)24-22-18-32(35(33,34)21-10-8-19(26)9-11-21)13-12-23(22)27-25(28-24)31-16-14-30(15-17-31)20-6-4-3-5-7-20/h8-11,20H,3-7,12-18H2,1-2H3.